The molecule has 0 heterocycles. The number of rotatable bonds is 13. The Balaban J connectivity index is 1.60. The zero-order valence-electron chi connectivity index (χ0n) is 41.0. The molecule has 3 aliphatic carbocycles. The first-order chi connectivity index (χ1) is 32.1. The molecule has 0 saturated heterocycles. The third-order valence-corrected chi connectivity index (χ3v) is 19.1. The number of carbonyl (C=O) groups excluding carboxylic acids is 7. The number of fused-ring (bicyclic) bond motifs is 3. The van der Waals surface area contributed by atoms with Crippen LogP contribution in [0.2, 0.25) is 18.1 Å². The van der Waals surface area contributed by atoms with Gasteiger partial charge in [0.05, 0.1) is 17.5 Å². The maximum absolute atomic E-state index is 15.5. The summed E-state index contributed by atoms with van der Waals surface area (Å²) in [5.74, 6) is -8.18. The number of amides is 1. The highest BCUT2D eigenvalue weighted by Gasteiger charge is 2.73. The fraction of sp³-hybridized carbons (Fsp3) is 0.453. The van der Waals surface area contributed by atoms with Crippen molar-refractivity contribution in [2.45, 2.75) is 129 Å². The molecular weight excluding hydrogens is 903 g/mol. The second kappa shape index (κ2) is 19.4. The molecule has 368 valence electrons. The number of benzene rings is 3. The quantitative estimate of drug-likeness (QED) is 0.0532. The Morgan fingerprint density at radius 3 is 1.88 bits per heavy atom. The van der Waals surface area contributed by atoms with E-state index in [0.717, 1.165) is 26.0 Å². The van der Waals surface area contributed by atoms with Gasteiger partial charge in [-0.3, -0.25) is 24.0 Å². The van der Waals surface area contributed by atoms with E-state index >= 15 is 9.59 Å². The summed E-state index contributed by atoms with van der Waals surface area (Å²) in [7, 11) is -2.96. The zero-order chi connectivity index (χ0) is 51.1. The lowest BCUT2D eigenvalue weighted by atomic mass is 9.47. The van der Waals surface area contributed by atoms with Gasteiger partial charge in [-0.05, 0) is 85.1 Å². The van der Waals surface area contributed by atoms with Crippen LogP contribution >= 0.6 is 0 Å². The summed E-state index contributed by atoms with van der Waals surface area (Å²) in [5, 5.41) is 29.1. The second-order valence-corrected chi connectivity index (χ2v) is 25.3. The van der Waals surface area contributed by atoms with Crippen LogP contribution in [0.25, 0.3) is 0 Å². The summed E-state index contributed by atoms with van der Waals surface area (Å²) >= 11 is 0. The molecule has 16 heteroatoms. The number of aliphatic hydroxyl groups is 2. The molecule has 0 aromatic heterocycles. The van der Waals surface area contributed by atoms with E-state index in [4.69, 9.17) is 23.4 Å². The molecule has 3 aromatic rings. The van der Waals surface area contributed by atoms with Crippen molar-refractivity contribution in [3.63, 3.8) is 0 Å². The molecule has 2 bridgehead atoms. The number of Topliss-reactive ketones (excluding diaryl/α,β-unsaturated/α-hetero) is 1. The van der Waals surface area contributed by atoms with Gasteiger partial charge in [0, 0.05) is 31.2 Å². The third kappa shape index (κ3) is 9.89. The van der Waals surface area contributed by atoms with E-state index in [2.05, 4.69) is 5.32 Å². The summed E-state index contributed by atoms with van der Waals surface area (Å²) in [6.07, 6.45) is -5.66. The highest BCUT2D eigenvalue weighted by Crippen LogP contribution is 2.60. The Morgan fingerprint density at radius 1 is 0.797 bits per heavy atom. The summed E-state index contributed by atoms with van der Waals surface area (Å²) < 4.78 is 31.0. The summed E-state index contributed by atoms with van der Waals surface area (Å²) in [6.45, 7) is 16.9. The van der Waals surface area contributed by atoms with Crippen LogP contribution in [0.1, 0.15) is 101 Å². The van der Waals surface area contributed by atoms with Crippen molar-refractivity contribution in [1.82, 2.24) is 5.32 Å². The smallest absolute Gasteiger partial charge is 0.338 e. The van der Waals surface area contributed by atoms with Crippen LogP contribution in [0, 0.1) is 16.7 Å². The van der Waals surface area contributed by atoms with E-state index < -0.39 is 126 Å². The van der Waals surface area contributed by atoms with Gasteiger partial charge in [0.2, 0.25) is 0 Å². The van der Waals surface area contributed by atoms with Crippen LogP contribution in [0.15, 0.2) is 114 Å². The van der Waals surface area contributed by atoms with Crippen LogP contribution in [0.3, 0.4) is 0 Å². The van der Waals surface area contributed by atoms with Crippen molar-refractivity contribution in [2.24, 2.45) is 16.7 Å². The first-order valence-electron chi connectivity index (χ1n) is 22.9. The molecular formula is C53H63NO14Si. The van der Waals surface area contributed by atoms with Crippen molar-refractivity contribution in [1.29, 1.82) is 0 Å². The molecule has 6 rings (SSSR count). The van der Waals surface area contributed by atoms with Crippen molar-refractivity contribution in [2.75, 3.05) is 6.61 Å². The molecule has 0 spiro atoms. The summed E-state index contributed by atoms with van der Waals surface area (Å²) in [6, 6.07) is 23.7. The Kier molecular flexibility index (Phi) is 14.7. The van der Waals surface area contributed by atoms with Crippen molar-refractivity contribution < 1.29 is 67.1 Å². The van der Waals surface area contributed by atoms with Crippen LogP contribution < -0.4 is 5.32 Å². The van der Waals surface area contributed by atoms with E-state index in [0.29, 0.717) is 11.1 Å². The van der Waals surface area contributed by atoms with Gasteiger partial charge in [0.25, 0.3) is 5.91 Å². The normalized spacial score (nSPS) is 27.4. The molecule has 1 amide bonds. The van der Waals surface area contributed by atoms with Gasteiger partial charge in [-0.15, -0.1) is 0 Å². The van der Waals surface area contributed by atoms with Gasteiger partial charge < -0.3 is 38.9 Å². The van der Waals surface area contributed by atoms with Gasteiger partial charge in [-0.2, -0.15) is 0 Å². The number of esters is 4. The molecule has 15 nitrogen and oxygen atoms in total. The minimum atomic E-state index is -2.96. The Labute approximate surface area is 403 Å². The Morgan fingerprint density at radius 2 is 1.35 bits per heavy atom. The average molecular weight is 966 g/mol. The molecule has 69 heavy (non-hydrogen) atoms. The van der Waals surface area contributed by atoms with Gasteiger partial charge in [0.15, 0.2) is 32.1 Å². The molecule has 0 unspecified atom stereocenters. The van der Waals surface area contributed by atoms with Gasteiger partial charge in [0.1, 0.15) is 35.4 Å². The van der Waals surface area contributed by atoms with E-state index in [1.54, 1.807) is 85.8 Å². The minimum Gasteiger partial charge on any atom is -0.462 e. The van der Waals surface area contributed by atoms with E-state index in [1.807, 2.05) is 33.9 Å². The number of hydrogen-bond donors (Lipinski definition) is 3. The largest absolute Gasteiger partial charge is 0.462 e. The van der Waals surface area contributed by atoms with E-state index in [1.165, 1.54) is 32.9 Å². The van der Waals surface area contributed by atoms with Gasteiger partial charge in [-0.1, -0.05) is 101 Å². The first-order valence-corrected chi connectivity index (χ1v) is 25.8. The zero-order valence-corrected chi connectivity index (χ0v) is 42.0. The third-order valence-electron chi connectivity index (χ3n) is 14.7. The lowest BCUT2D eigenvalue weighted by molar-refractivity contribution is -0.234. The number of carbonyl (C=O) groups is 7. The first kappa shape index (κ1) is 52.3. The van der Waals surface area contributed by atoms with Gasteiger partial charge in [-0.25, -0.2) is 9.59 Å². The van der Waals surface area contributed by atoms with Crippen LogP contribution in [0.4, 0.5) is 0 Å². The number of ether oxygens (including phenoxy) is 4. The second-order valence-electron chi connectivity index (χ2n) is 20.5. The number of ketones is 2. The number of hydrogen-bond acceptors (Lipinski definition) is 14. The van der Waals surface area contributed by atoms with Crippen LogP contribution in [0.5, 0.6) is 0 Å². The topological polar surface area (TPSA) is 218 Å². The fourth-order valence-electron chi connectivity index (χ4n) is 9.71. The average Bonchev–Trinajstić information content (AvgIpc) is 3.29. The summed E-state index contributed by atoms with van der Waals surface area (Å²) in [5.41, 5.74) is -8.30. The highest BCUT2D eigenvalue weighted by atomic mass is 28.4. The Bertz CT molecular complexity index is 2550. The predicted octanol–water partition coefficient (Wildman–Crippen LogP) is 6.73. The minimum absolute atomic E-state index is 0.00819. The number of allylic oxidation sites excluding steroid dienone is 1. The van der Waals surface area contributed by atoms with E-state index in [-0.39, 0.29) is 16.7 Å². The van der Waals surface area contributed by atoms with Gasteiger partial charge >= 0.3 is 23.9 Å². The molecule has 1 saturated carbocycles. The Hall–Kier alpha value is -6.07. The monoisotopic (exact) mass is 965 g/mol. The fourth-order valence-corrected chi connectivity index (χ4v) is 10.9. The van der Waals surface area contributed by atoms with Crippen LogP contribution in [-0.4, -0.2) is 102 Å². The van der Waals surface area contributed by atoms with Crippen molar-refractivity contribution >= 4 is 49.7 Å². The molecule has 3 N–H and O–H groups in total. The van der Waals surface area contributed by atoms with Crippen molar-refractivity contribution in [3.8, 4) is 0 Å². The molecule has 1 fully saturated rings. The maximum Gasteiger partial charge on any atom is 0.338 e. The molecule has 0 aliphatic heterocycles. The molecule has 3 aromatic carbocycles. The SMILES string of the molecule is CC(=O)OC[C@]1(O)C=CC(=O)[C@@]2(C)C(=O)[C@H](OC(C)=O)C3=C(C)[C@@H](OC(=O)[C@H](O[Si](C)(C)C(C)(C)C)[C@@H](NC(=O)c4ccccc4)c4ccccc4)C[C@@](O)([C@@H](OC(=O)c4ccccc4)[C@@H]21)C3(C)C. The highest BCUT2D eigenvalue weighted by molar-refractivity contribution is 6.74. The molecule has 3 aliphatic rings. The molecule has 9 atom stereocenters. The predicted molar refractivity (Wildman–Crippen MR) is 255 cm³/mol. The lowest BCUT2D eigenvalue weighted by Gasteiger charge is -2.61. The summed E-state index contributed by atoms with van der Waals surface area (Å²) in [4.78, 5) is 99.3. The number of nitrogens with one attached hydrogen (secondary N) is 1. The standard InChI is InChI=1S/C53H63NO14Si/c1-31-37(66-48(61)42(68-69(10,11)49(4,5)6)40(34-21-15-12-16-22-34)54-46(59)35-23-17-13-18-24-35)29-53(63)45(67-47(60)36-25-19-14-20-26-36)43-51(9,38(57)27-28-52(43,62)30-64-32(2)55)44(58)41(65-33(3)56)39(31)50(53,7)8/h12-28,37,40-43,45,62-63H,29-30H2,1-11H3,(H,54,59)/t37-,40-,41+,42+,43-,45-,51+,52+,53+/m0/s1. The molecule has 0 radical (unpaired) electrons. The van der Waals surface area contributed by atoms with Crippen LogP contribution in [-0.2, 0) is 47.3 Å². The van der Waals surface area contributed by atoms with Crippen molar-refractivity contribution in [3.05, 3.63) is 131 Å². The maximum atomic E-state index is 15.5. The lowest BCUT2D eigenvalue weighted by Crippen LogP contribution is -2.74. The van der Waals surface area contributed by atoms with E-state index in [9.17, 15) is 34.2 Å².